The van der Waals surface area contributed by atoms with E-state index in [1.54, 1.807) is 30.5 Å². The van der Waals surface area contributed by atoms with E-state index in [1.807, 2.05) is 19.9 Å². The molecule has 2 rings (SSSR count). The predicted octanol–water partition coefficient (Wildman–Crippen LogP) is 3.01. The summed E-state index contributed by atoms with van der Waals surface area (Å²) in [6, 6.07) is 8.78. The van der Waals surface area contributed by atoms with Crippen LogP contribution in [0.1, 0.15) is 30.0 Å². The fraction of sp³-hybridized carbons (Fsp3) is 0.312. The molecule has 0 atom stereocenters. The molecule has 0 radical (unpaired) electrons. The van der Waals surface area contributed by atoms with Crippen molar-refractivity contribution >= 4 is 5.91 Å². The highest BCUT2D eigenvalue weighted by Gasteiger charge is 2.14. The van der Waals surface area contributed by atoms with Crippen LogP contribution in [-0.2, 0) is 6.54 Å². The molecule has 5 heteroatoms. The van der Waals surface area contributed by atoms with E-state index in [0.717, 1.165) is 0 Å². The van der Waals surface area contributed by atoms with Gasteiger partial charge in [-0.15, -0.1) is 0 Å². The minimum absolute atomic E-state index is 0.210. The van der Waals surface area contributed by atoms with Crippen LogP contribution < -0.4 is 14.8 Å². The van der Waals surface area contributed by atoms with Gasteiger partial charge in [0.05, 0.1) is 31.6 Å². The number of carbonyl (C=O) groups excluding carboxylic acids is 1. The molecular weight excluding hydrogens is 270 g/mol. The average molecular weight is 289 g/mol. The van der Waals surface area contributed by atoms with Crippen molar-refractivity contribution in [3.63, 3.8) is 0 Å². The van der Waals surface area contributed by atoms with Crippen LogP contribution in [0.25, 0.3) is 0 Å². The van der Waals surface area contributed by atoms with E-state index in [0.29, 0.717) is 42.6 Å². The maximum Gasteiger partial charge on any atom is 0.255 e. The van der Waals surface area contributed by atoms with E-state index >= 15 is 0 Å². The molecule has 1 heterocycles. The number of amides is 1. The summed E-state index contributed by atoms with van der Waals surface area (Å²) in [7, 11) is 0. The number of carbonyl (C=O) groups is 1. The van der Waals surface area contributed by atoms with Crippen molar-refractivity contribution < 1.29 is 18.7 Å². The number of nitrogens with one attached hydrogen (secondary N) is 1. The molecule has 0 aliphatic carbocycles. The monoisotopic (exact) mass is 289 g/mol. The zero-order valence-corrected chi connectivity index (χ0v) is 12.2. The summed E-state index contributed by atoms with van der Waals surface area (Å²) in [5.41, 5.74) is 0.479. The Morgan fingerprint density at radius 1 is 1.19 bits per heavy atom. The van der Waals surface area contributed by atoms with Gasteiger partial charge in [-0.05, 0) is 38.1 Å². The summed E-state index contributed by atoms with van der Waals surface area (Å²) in [5, 5.41) is 2.80. The van der Waals surface area contributed by atoms with Gasteiger partial charge >= 0.3 is 0 Å². The molecule has 1 N–H and O–H groups in total. The zero-order chi connectivity index (χ0) is 15.1. The van der Waals surface area contributed by atoms with Crippen LogP contribution in [-0.4, -0.2) is 19.1 Å². The number of furan rings is 1. The third-order valence-electron chi connectivity index (χ3n) is 2.81. The van der Waals surface area contributed by atoms with Gasteiger partial charge in [0.15, 0.2) is 0 Å². The molecule has 0 fully saturated rings. The van der Waals surface area contributed by atoms with Crippen LogP contribution in [0, 0.1) is 0 Å². The normalized spacial score (nSPS) is 10.2. The molecular formula is C16H19NO4. The molecule has 0 aliphatic rings. The molecule has 21 heavy (non-hydrogen) atoms. The Morgan fingerprint density at radius 2 is 2.00 bits per heavy atom. The lowest BCUT2D eigenvalue weighted by molar-refractivity contribution is 0.0944. The predicted molar refractivity (Wildman–Crippen MR) is 78.7 cm³/mol. The Morgan fingerprint density at radius 3 is 2.67 bits per heavy atom. The van der Waals surface area contributed by atoms with E-state index < -0.39 is 0 Å². The first-order valence-corrected chi connectivity index (χ1v) is 6.94. The molecule has 0 saturated heterocycles. The minimum atomic E-state index is -0.210. The minimum Gasteiger partial charge on any atom is -0.494 e. The van der Waals surface area contributed by atoms with Gasteiger partial charge in [0.1, 0.15) is 17.3 Å². The number of hydrogen-bond donors (Lipinski definition) is 1. The van der Waals surface area contributed by atoms with Crippen molar-refractivity contribution in [1.82, 2.24) is 5.32 Å². The molecule has 2 aromatic rings. The average Bonchev–Trinajstić information content (AvgIpc) is 2.99. The van der Waals surface area contributed by atoms with Crippen molar-refractivity contribution in [2.45, 2.75) is 20.4 Å². The number of ether oxygens (including phenoxy) is 2. The standard InChI is InChI=1S/C16H19NO4/c1-3-19-12-7-8-14(15(10-12)20-4-2)16(18)17-11-13-6-5-9-21-13/h5-10H,3-4,11H2,1-2H3,(H,17,18). The highest BCUT2D eigenvalue weighted by atomic mass is 16.5. The first-order valence-electron chi connectivity index (χ1n) is 6.94. The first-order chi connectivity index (χ1) is 10.2. The summed E-state index contributed by atoms with van der Waals surface area (Å²) in [4.78, 5) is 12.2. The maximum absolute atomic E-state index is 12.2. The van der Waals surface area contributed by atoms with Crippen LogP contribution in [0.5, 0.6) is 11.5 Å². The van der Waals surface area contributed by atoms with Crippen molar-refractivity contribution in [3.8, 4) is 11.5 Å². The highest BCUT2D eigenvalue weighted by Crippen LogP contribution is 2.25. The van der Waals surface area contributed by atoms with Crippen molar-refractivity contribution in [3.05, 3.63) is 47.9 Å². The lowest BCUT2D eigenvalue weighted by Gasteiger charge is -2.12. The molecule has 1 amide bonds. The molecule has 5 nitrogen and oxygen atoms in total. The van der Waals surface area contributed by atoms with Gasteiger partial charge in [-0.3, -0.25) is 4.79 Å². The Balaban J connectivity index is 2.10. The van der Waals surface area contributed by atoms with Crippen LogP contribution in [0.2, 0.25) is 0 Å². The van der Waals surface area contributed by atoms with E-state index in [4.69, 9.17) is 13.9 Å². The van der Waals surface area contributed by atoms with Gasteiger partial charge in [0.25, 0.3) is 5.91 Å². The number of benzene rings is 1. The van der Waals surface area contributed by atoms with E-state index in [9.17, 15) is 4.79 Å². The largest absolute Gasteiger partial charge is 0.494 e. The maximum atomic E-state index is 12.2. The number of hydrogen-bond acceptors (Lipinski definition) is 4. The smallest absolute Gasteiger partial charge is 0.255 e. The second-order valence-electron chi connectivity index (χ2n) is 4.29. The Labute approximate surface area is 123 Å². The summed E-state index contributed by atoms with van der Waals surface area (Å²) in [6.07, 6.45) is 1.57. The second-order valence-corrected chi connectivity index (χ2v) is 4.29. The molecule has 0 bridgehead atoms. The van der Waals surface area contributed by atoms with Crippen LogP contribution in [0.15, 0.2) is 41.0 Å². The van der Waals surface area contributed by atoms with Gasteiger partial charge in [-0.25, -0.2) is 0 Å². The second kappa shape index (κ2) is 7.38. The molecule has 1 aromatic carbocycles. The van der Waals surface area contributed by atoms with Crippen LogP contribution in [0.3, 0.4) is 0 Å². The lowest BCUT2D eigenvalue weighted by atomic mass is 10.1. The van der Waals surface area contributed by atoms with Crippen LogP contribution in [0.4, 0.5) is 0 Å². The third kappa shape index (κ3) is 4.02. The third-order valence-corrected chi connectivity index (χ3v) is 2.81. The van der Waals surface area contributed by atoms with Crippen LogP contribution >= 0.6 is 0 Å². The Bertz CT molecular complexity index is 578. The summed E-state index contributed by atoms with van der Waals surface area (Å²) < 4.78 is 16.1. The molecule has 0 spiro atoms. The highest BCUT2D eigenvalue weighted by molar-refractivity contribution is 5.97. The topological polar surface area (TPSA) is 60.7 Å². The van der Waals surface area contributed by atoms with Crippen molar-refractivity contribution in [2.75, 3.05) is 13.2 Å². The Hall–Kier alpha value is -2.43. The zero-order valence-electron chi connectivity index (χ0n) is 12.2. The van der Waals surface area contributed by atoms with E-state index in [2.05, 4.69) is 5.32 Å². The van der Waals surface area contributed by atoms with Gasteiger partial charge in [-0.2, -0.15) is 0 Å². The van der Waals surface area contributed by atoms with Gasteiger partial charge < -0.3 is 19.2 Å². The van der Waals surface area contributed by atoms with Gasteiger partial charge in [0, 0.05) is 6.07 Å². The summed E-state index contributed by atoms with van der Waals surface area (Å²) in [5.74, 6) is 1.69. The van der Waals surface area contributed by atoms with Crippen molar-refractivity contribution in [1.29, 1.82) is 0 Å². The fourth-order valence-electron chi connectivity index (χ4n) is 1.90. The quantitative estimate of drug-likeness (QED) is 0.851. The van der Waals surface area contributed by atoms with Gasteiger partial charge in [0.2, 0.25) is 0 Å². The van der Waals surface area contributed by atoms with Crippen molar-refractivity contribution in [2.24, 2.45) is 0 Å². The number of rotatable bonds is 7. The molecule has 1 aromatic heterocycles. The molecule has 0 aliphatic heterocycles. The Kier molecular flexibility index (Phi) is 5.26. The first kappa shape index (κ1) is 15.0. The van der Waals surface area contributed by atoms with E-state index in [1.165, 1.54) is 0 Å². The summed E-state index contributed by atoms with van der Waals surface area (Å²) >= 11 is 0. The summed E-state index contributed by atoms with van der Waals surface area (Å²) in [6.45, 7) is 5.16. The molecule has 0 saturated carbocycles. The molecule has 112 valence electrons. The fourth-order valence-corrected chi connectivity index (χ4v) is 1.90. The van der Waals surface area contributed by atoms with E-state index in [-0.39, 0.29) is 5.91 Å². The van der Waals surface area contributed by atoms with Gasteiger partial charge in [-0.1, -0.05) is 0 Å². The SMILES string of the molecule is CCOc1ccc(C(=O)NCc2ccco2)c(OCC)c1. The molecule has 0 unspecified atom stereocenters. The lowest BCUT2D eigenvalue weighted by Crippen LogP contribution is -2.23.